The quantitative estimate of drug-likeness (QED) is 0.592. The predicted molar refractivity (Wildman–Crippen MR) is 114 cm³/mol. The van der Waals surface area contributed by atoms with Crippen molar-refractivity contribution in [3.05, 3.63) is 57.3 Å². The Morgan fingerprint density at radius 1 is 1.15 bits per heavy atom. The molecule has 1 atom stereocenters. The number of morpholine rings is 1. The normalized spacial score (nSPS) is 16.9. The number of guanidine groups is 1. The minimum absolute atomic E-state index is 0.338. The minimum atomic E-state index is 0.338. The Labute approximate surface area is 166 Å². The lowest BCUT2D eigenvalue weighted by Gasteiger charge is -2.34. The van der Waals surface area contributed by atoms with Crippen molar-refractivity contribution < 1.29 is 4.74 Å². The third-order valence-corrected chi connectivity index (χ3v) is 6.07. The predicted octanol–water partition coefficient (Wildman–Crippen LogP) is 3.10. The van der Waals surface area contributed by atoms with Gasteiger partial charge >= 0.3 is 0 Å². The number of nitrogens with zero attached hydrogens (tertiary/aromatic N) is 2. The topological polar surface area (TPSA) is 48.9 Å². The Kier molecular flexibility index (Phi) is 7.26. The van der Waals surface area contributed by atoms with Crippen molar-refractivity contribution in [1.29, 1.82) is 0 Å². The third-order valence-electron chi connectivity index (χ3n) is 4.97. The molecule has 2 aromatic rings. The first-order valence-corrected chi connectivity index (χ1v) is 10.4. The molecule has 1 aromatic heterocycles. The Morgan fingerprint density at radius 2 is 1.93 bits per heavy atom. The second-order valence-electron chi connectivity index (χ2n) is 6.85. The Balaban J connectivity index is 1.61. The van der Waals surface area contributed by atoms with Gasteiger partial charge in [0.1, 0.15) is 0 Å². The van der Waals surface area contributed by atoms with E-state index in [0.29, 0.717) is 6.04 Å². The van der Waals surface area contributed by atoms with Crippen molar-refractivity contribution in [2.75, 3.05) is 39.9 Å². The SMILES string of the molecule is CN=C(NCc1ccccc1C)NCC(c1ccc(C)s1)N1CCOCC1. The third kappa shape index (κ3) is 5.54. The summed E-state index contributed by atoms with van der Waals surface area (Å²) in [5.74, 6) is 0.838. The molecule has 3 rings (SSSR count). The zero-order valence-electron chi connectivity index (χ0n) is 16.5. The van der Waals surface area contributed by atoms with Crippen LogP contribution in [0.3, 0.4) is 0 Å². The number of nitrogens with one attached hydrogen (secondary N) is 2. The largest absolute Gasteiger partial charge is 0.379 e. The highest BCUT2D eigenvalue weighted by atomic mass is 32.1. The van der Waals surface area contributed by atoms with E-state index in [4.69, 9.17) is 4.74 Å². The van der Waals surface area contributed by atoms with Crippen molar-refractivity contribution in [1.82, 2.24) is 15.5 Å². The molecular formula is C21H30N4OS. The number of rotatable bonds is 6. The van der Waals surface area contributed by atoms with Gasteiger partial charge in [0.25, 0.3) is 0 Å². The molecule has 146 valence electrons. The summed E-state index contributed by atoms with van der Waals surface area (Å²) in [6.45, 7) is 9.46. The molecule has 27 heavy (non-hydrogen) atoms. The van der Waals surface area contributed by atoms with Gasteiger partial charge in [0.15, 0.2) is 5.96 Å². The second-order valence-corrected chi connectivity index (χ2v) is 8.17. The fraction of sp³-hybridized carbons (Fsp3) is 0.476. The lowest BCUT2D eigenvalue weighted by Crippen LogP contribution is -2.46. The Hall–Kier alpha value is -1.89. The maximum Gasteiger partial charge on any atom is 0.191 e. The van der Waals surface area contributed by atoms with Crippen LogP contribution in [-0.2, 0) is 11.3 Å². The van der Waals surface area contributed by atoms with Crippen molar-refractivity contribution >= 4 is 17.3 Å². The van der Waals surface area contributed by atoms with Crippen LogP contribution in [0.4, 0.5) is 0 Å². The highest BCUT2D eigenvalue weighted by Gasteiger charge is 2.24. The standard InChI is InChI=1S/C21H30N4OS/c1-16-6-4-5-7-18(16)14-23-21(22-3)24-15-19(20-9-8-17(2)27-20)25-10-12-26-13-11-25/h4-9,19H,10-15H2,1-3H3,(H2,22,23,24). The van der Waals surface area contributed by atoms with Gasteiger partial charge < -0.3 is 15.4 Å². The number of aliphatic imine (C=N–C) groups is 1. The fourth-order valence-electron chi connectivity index (χ4n) is 3.33. The molecule has 1 aliphatic heterocycles. The van der Waals surface area contributed by atoms with E-state index in [0.717, 1.165) is 45.4 Å². The molecule has 2 N–H and O–H groups in total. The zero-order valence-corrected chi connectivity index (χ0v) is 17.3. The van der Waals surface area contributed by atoms with Crippen LogP contribution in [0.15, 0.2) is 41.4 Å². The van der Waals surface area contributed by atoms with Crippen LogP contribution in [0, 0.1) is 13.8 Å². The number of hydrogen-bond acceptors (Lipinski definition) is 4. The van der Waals surface area contributed by atoms with Crippen molar-refractivity contribution in [3.8, 4) is 0 Å². The summed E-state index contributed by atoms with van der Waals surface area (Å²) in [5, 5.41) is 6.97. The van der Waals surface area contributed by atoms with Crippen molar-refractivity contribution in [2.24, 2.45) is 4.99 Å². The minimum Gasteiger partial charge on any atom is -0.379 e. The Morgan fingerprint density at radius 3 is 2.59 bits per heavy atom. The zero-order chi connectivity index (χ0) is 19.1. The molecule has 0 saturated carbocycles. The van der Waals surface area contributed by atoms with Gasteiger partial charge in [-0.15, -0.1) is 11.3 Å². The number of ether oxygens (including phenoxy) is 1. The molecule has 0 bridgehead atoms. The van der Waals surface area contributed by atoms with Gasteiger partial charge in [0.2, 0.25) is 0 Å². The summed E-state index contributed by atoms with van der Waals surface area (Å²) < 4.78 is 5.54. The number of benzene rings is 1. The van der Waals surface area contributed by atoms with E-state index in [1.165, 1.54) is 20.9 Å². The maximum atomic E-state index is 5.54. The number of aryl methyl sites for hydroxylation is 2. The Bertz CT molecular complexity index is 752. The van der Waals surface area contributed by atoms with E-state index in [2.05, 4.69) is 70.8 Å². The molecule has 0 spiro atoms. The van der Waals surface area contributed by atoms with Crippen LogP contribution in [-0.4, -0.2) is 50.8 Å². The molecule has 2 heterocycles. The molecule has 1 unspecified atom stereocenters. The average molecular weight is 387 g/mol. The van der Waals surface area contributed by atoms with Crippen LogP contribution in [0.2, 0.25) is 0 Å². The van der Waals surface area contributed by atoms with Gasteiger partial charge in [0.05, 0.1) is 19.3 Å². The summed E-state index contributed by atoms with van der Waals surface area (Å²) in [4.78, 5) is 9.67. The van der Waals surface area contributed by atoms with Crippen LogP contribution >= 0.6 is 11.3 Å². The van der Waals surface area contributed by atoms with Gasteiger partial charge in [0, 0.05) is 43.0 Å². The van der Waals surface area contributed by atoms with Crippen LogP contribution in [0.5, 0.6) is 0 Å². The molecular weight excluding hydrogens is 356 g/mol. The average Bonchev–Trinajstić information content (AvgIpc) is 3.12. The monoisotopic (exact) mass is 386 g/mol. The van der Waals surface area contributed by atoms with Crippen LogP contribution < -0.4 is 10.6 Å². The van der Waals surface area contributed by atoms with Crippen molar-refractivity contribution in [3.63, 3.8) is 0 Å². The first-order chi connectivity index (χ1) is 13.2. The van der Waals surface area contributed by atoms with Crippen molar-refractivity contribution in [2.45, 2.75) is 26.4 Å². The van der Waals surface area contributed by atoms with Gasteiger partial charge in [-0.2, -0.15) is 0 Å². The number of hydrogen-bond donors (Lipinski definition) is 2. The lowest BCUT2D eigenvalue weighted by atomic mass is 10.1. The summed E-state index contributed by atoms with van der Waals surface area (Å²) >= 11 is 1.88. The van der Waals surface area contributed by atoms with E-state index >= 15 is 0 Å². The van der Waals surface area contributed by atoms with E-state index in [1.807, 2.05) is 18.4 Å². The summed E-state index contributed by atoms with van der Waals surface area (Å²) in [7, 11) is 1.83. The maximum absolute atomic E-state index is 5.54. The molecule has 0 aliphatic carbocycles. The van der Waals surface area contributed by atoms with E-state index in [1.54, 1.807) is 0 Å². The molecule has 6 heteroatoms. The molecule has 0 amide bonds. The first-order valence-electron chi connectivity index (χ1n) is 9.54. The lowest BCUT2D eigenvalue weighted by molar-refractivity contribution is 0.0177. The molecule has 1 aromatic carbocycles. The molecule has 1 aliphatic rings. The van der Waals surface area contributed by atoms with Gasteiger partial charge in [-0.3, -0.25) is 9.89 Å². The highest BCUT2D eigenvalue weighted by molar-refractivity contribution is 7.12. The fourth-order valence-corrected chi connectivity index (χ4v) is 4.35. The summed E-state index contributed by atoms with van der Waals surface area (Å²) in [6.07, 6.45) is 0. The highest BCUT2D eigenvalue weighted by Crippen LogP contribution is 2.27. The molecule has 1 saturated heterocycles. The summed E-state index contributed by atoms with van der Waals surface area (Å²) in [6, 6.07) is 13.2. The molecule has 0 radical (unpaired) electrons. The van der Waals surface area contributed by atoms with E-state index < -0.39 is 0 Å². The van der Waals surface area contributed by atoms with Gasteiger partial charge in [-0.1, -0.05) is 24.3 Å². The van der Waals surface area contributed by atoms with E-state index in [9.17, 15) is 0 Å². The summed E-state index contributed by atoms with van der Waals surface area (Å²) in [5.41, 5.74) is 2.58. The van der Waals surface area contributed by atoms with Crippen LogP contribution in [0.25, 0.3) is 0 Å². The number of thiophene rings is 1. The van der Waals surface area contributed by atoms with Gasteiger partial charge in [-0.05, 0) is 37.1 Å². The second kappa shape index (κ2) is 9.88. The van der Waals surface area contributed by atoms with Gasteiger partial charge in [-0.25, -0.2) is 0 Å². The molecule has 1 fully saturated rings. The van der Waals surface area contributed by atoms with E-state index in [-0.39, 0.29) is 0 Å². The first kappa shape index (κ1) is 19.9. The smallest absolute Gasteiger partial charge is 0.191 e. The van der Waals surface area contributed by atoms with Crippen LogP contribution in [0.1, 0.15) is 26.9 Å². The molecule has 5 nitrogen and oxygen atoms in total.